The number of ether oxygens (including phenoxy) is 2. The van der Waals surface area contributed by atoms with Crippen molar-refractivity contribution in [1.29, 1.82) is 0 Å². The minimum Gasteiger partial charge on any atom is -0.489 e. The molecule has 4 heteroatoms. The first-order chi connectivity index (χ1) is 10.7. The summed E-state index contributed by atoms with van der Waals surface area (Å²) in [5, 5.41) is 10.2. The zero-order valence-electron chi connectivity index (χ0n) is 13.2. The summed E-state index contributed by atoms with van der Waals surface area (Å²) in [6, 6.07) is 6.27. The van der Waals surface area contributed by atoms with Gasteiger partial charge in [0.05, 0.1) is 13.2 Å². The molecule has 1 aliphatic heterocycles. The third kappa shape index (κ3) is 2.60. The van der Waals surface area contributed by atoms with Crippen LogP contribution in [-0.4, -0.2) is 30.4 Å². The Morgan fingerprint density at radius 3 is 3.00 bits per heavy atom. The molecule has 3 rings (SSSR count). The van der Waals surface area contributed by atoms with Crippen LogP contribution in [0.2, 0.25) is 0 Å². The first kappa shape index (κ1) is 15.3. The Kier molecular flexibility index (Phi) is 4.39. The zero-order valence-corrected chi connectivity index (χ0v) is 13.2. The SMILES string of the molecule is CC[C@@H]1[C@H]2c3cccc(CCCC(=O)OC)c3O[C@H]2C[C@H]1O. The largest absolute Gasteiger partial charge is 0.489 e. The highest BCUT2D eigenvalue weighted by Crippen LogP contribution is 2.52. The van der Waals surface area contributed by atoms with E-state index in [1.165, 1.54) is 18.2 Å². The number of rotatable bonds is 5. The molecule has 120 valence electrons. The molecule has 22 heavy (non-hydrogen) atoms. The Morgan fingerprint density at radius 1 is 1.45 bits per heavy atom. The van der Waals surface area contributed by atoms with Gasteiger partial charge in [0, 0.05) is 24.3 Å². The van der Waals surface area contributed by atoms with Gasteiger partial charge in [-0.1, -0.05) is 31.5 Å². The number of esters is 1. The topological polar surface area (TPSA) is 55.8 Å². The van der Waals surface area contributed by atoms with Crippen LogP contribution in [0, 0.1) is 5.92 Å². The second kappa shape index (κ2) is 6.29. The highest BCUT2D eigenvalue weighted by molar-refractivity contribution is 5.69. The third-order valence-electron chi connectivity index (χ3n) is 5.11. The molecule has 0 amide bonds. The molecule has 0 saturated heterocycles. The molecule has 1 saturated carbocycles. The molecule has 1 aliphatic carbocycles. The number of methoxy groups -OCH3 is 1. The van der Waals surface area contributed by atoms with Crippen LogP contribution in [0.3, 0.4) is 0 Å². The average molecular weight is 304 g/mol. The van der Waals surface area contributed by atoms with Crippen molar-refractivity contribution in [2.45, 2.75) is 57.2 Å². The number of aliphatic hydroxyl groups excluding tert-OH is 1. The van der Waals surface area contributed by atoms with Crippen LogP contribution < -0.4 is 4.74 Å². The van der Waals surface area contributed by atoms with Crippen LogP contribution in [0.5, 0.6) is 5.75 Å². The van der Waals surface area contributed by atoms with Gasteiger partial charge in [-0.05, 0) is 24.3 Å². The number of para-hydroxylation sites is 1. The summed E-state index contributed by atoms with van der Waals surface area (Å²) < 4.78 is 10.9. The highest BCUT2D eigenvalue weighted by Gasteiger charge is 2.48. The molecule has 0 bridgehead atoms. The van der Waals surface area contributed by atoms with Crippen molar-refractivity contribution in [3.8, 4) is 5.75 Å². The van der Waals surface area contributed by atoms with E-state index in [4.69, 9.17) is 4.74 Å². The van der Waals surface area contributed by atoms with Crippen molar-refractivity contribution in [3.63, 3.8) is 0 Å². The molecule has 1 N–H and O–H groups in total. The van der Waals surface area contributed by atoms with Crippen LogP contribution in [0.15, 0.2) is 18.2 Å². The fourth-order valence-corrected chi connectivity index (χ4v) is 4.04. The molecule has 1 aromatic carbocycles. The number of hydrogen-bond acceptors (Lipinski definition) is 4. The van der Waals surface area contributed by atoms with E-state index in [-0.39, 0.29) is 24.1 Å². The predicted molar refractivity (Wildman–Crippen MR) is 83.0 cm³/mol. The summed E-state index contributed by atoms with van der Waals surface area (Å²) in [4.78, 5) is 11.2. The van der Waals surface area contributed by atoms with Crippen molar-refractivity contribution in [3.05, 3.63) is 29.3 Å². The van der Waals surface area contributed by atoms with Gasteiger partial charge in [-0.15, -0.1) is 0 Å². The summed E-state index contributed by atoms with van der Waals surface area (Å²) in [6.07, 6.45) is 3.56. The van der Waals surface area contributed by atoms with E-state index in [0.717, 1.165) is 31.4 Å². The molecule has 4 nitrogen and oxygen atoms in total. The summed E-state index contributed by atoms with van der Waals surface area (Å²) in [6.45, 7) is 2.13. The lowest BCUT2D eigenvalue weighted by Crippen LogP contribution is -2.17. The van der Waals surface area contributed by atoms with E-state index in [1.54, 1.807) is 0 Å². The molecular formula is C18H24O4. The number of fused-ring (bicyclic) bond motifs is 3. The van der Waals surface area contributed by atoms with Crippen molar-refractivity contribution in [1.82, 2.24) is 0 Å². The highest BCUT2D eigenvalue weighted by atomic mass is 16.5. The van der Waals surface area contributed by atoms with E-state index in [0.29, 0.717) is 12.3 Å². The number of carbonyl (C=O) groups excluding carboxylic acids is 1. The Bertz CT molecular complexity index is 554. The summed E-state index contributed by atoms with van der Waals surface area (Å²) in [5.41, 5.74) is 2.41. The van der Waals surface area contributed by atoms with Gasteiger partial charge in [0.1, 0.15) is 11.9 Å². The first-order valence-electron chi connectivity index (χ1n) is 8.19. The molecule has 0 spiro atoms. The monoisotopic (exact) mass is 304 g/mol. The Morgan fingerprint density at radius 2 is 2.27 bits per heavy atom. The van der Waals surface area contributed by atoms with Gasteiger partial charge in [0.2, 0.25) is 0 Å². The number of hydrogen-bond donors (Lipinski definition) is 1. The van der Waals surface area contributed by atoms with Crippen LogP contribution in [-0.2, 0) is 16.0 Å². The quantitative estimate of drug-likeness (QED) is 0.850. The molecular weight excluding hydrogens is 280 g/mol. The van der Waals surface area contributed by atoms with Crippen LogP contribution in [0.1, 0.15) is 49.7 Å². The number of aryl methyl sites for hydroxylation is 1. The van der Waals surface area contributed by atoms with Crippen molar-refractivity contribution < 1.29 is 19.4 Å². The standard InChI is InChI=1S/C18H24O4/c1-3-12-14(19)10-15-17(12)13-8-4-6-11(18(13)22-15)7-5-9-16(20)21-2/h4,6,8,12,14-15,17,19H,3,5,7,9-10H2,1-2H3/t12-,14+,15-,17-/m0/s1. The maximum atomic E-state index is 11.2. The third-order valence-corrected chi connectivity index (χ3v) is 5.11. The molecule has 4 atom stereocenters. The van der Waals surface area contributed by atoms with Crippen molar-refractivity contribution in [2.24, 2.45) is 5.92 Å². The number of aliphatic hydroxyl groups is 1. The number of carbonyl (C=O) groups is 1. The minimum absolute atomic E-state index is 0.108. The average Bonchev–Trinajstić information content (AvgIpc) is 3.02. The Balaban J connectivity index is 1.76. The van der Waals surface area contributed by atoms with Gasteiger partial charge < -0.3 is 14.6 Å². The minimum atomic E-state index is -0.254. The number of benzene rings is 1. The first-order valence-corrected chi connectivity index (χ1v) is 8.19. The van der Waals surface area contributed by atoms with Crippen molar-refractivity contribution >= 4 is 5.97 Å². The lowest BCUT2D eigenvalue weighted by Gasteiger charge is -2.18. The Labute approximate surface area is 131 Å². The van der Waals surface area contributed by atoms with Crippen LogP contribution in [0.4, 0.5) is 0 Å². The Hall–Kier alpha value is -1.55. The molecule has 0 aromatic heterocycles. The van der Waals surface area contributed by atoms with Gasteiger partial charge in [-0.25, -0.2) is 0 Å². The molecule has 2 aliphatic rings. The molecule has 1 aromatic rings. The lowest BCUT2D eigenvalue weighted by molar-refractivity contribution is -0.140. The van der Waals surface area contributed by atoms with E-state index in [9.17, 15) is 9.90 Å². The zero-order chi connectivity index (χ0) is 15.7. The smallest absolute Gasteiger partial charge is 0.305 e. The normalized spacial score (nSPS) is 28.9. The van der Waals surface area contributed by atoms with Gasteiger partial charge in [0.15, 0.2) is 0 Å². The fraction of sp³-hybridized carbons (Fsp3) is 0.611. The van der Waals surface area contributed by atoms with Gasteiger partial charge in [-0.3, -0.25) is 4.79 Å². The van der Waals surface area contributed by atoms with E-state index < -0.39 is 0 Å². The van der Waals surface area contributed by atoms with E-state index in [2.05, 4.69) is 29.9 Å². The lowest BCUT2D eigenvalue weighted by atomic mass is 9.85. The predicted octanol–water partition coefficient (Wildman–Crippen LogP) is 2.82. The second-order valence-corrected chi connectivity index (χ2v) is 6.32. The van der Waals surface area contributed by atoms with Gasteiger partial charge >= 0.3 is 5.97 Å². The van der Waals surface area contributed by atoms with Crippen LogP contribution in [0.25, 0.3) is 0 Å². The molecule has 1 heterocycles. The molecule has 1 fully saturated rings. The van der Waals surface area contributed by atoms with Crippen molar-refractivity contribution in [2.75, 3.05) is 7.11 Å². The summed E-state index contributed by atoms with van der Waals surface area (Å²) >= 11 is 0. The second-order valence-electron chi connectivity index (χ2n) is 6.32. The van der Waals surface area contributed by atoms with E-state index in [1.807, 2.05) is 0 Å². The molecule has 0 unspecified atom stereocenters. The molecule has 0 radical (unpaired) electrons. The van der Waals surface area contributed by atoms with Gasteiger partial charge in [-0.2, -0.15) is 0 Å². The summed E-state index contributed by atoms with van der Waals surface area (Å²) in [5.74, 6) is 1.43. The van der Waals surface area contributed by atoms with Gasteiger partial charge in [0.25, 0.3) is 0 Å². The summed E-state index contributed by atoms with van der Waals surface area (Å²) in [7, 11) is 1.42. The fourth-order valence-electron chi connectivity index (χ4n) is 4.04. The maximum Gasteiger partial charge on any atom is 0.305 e. The van der Waals surface area contributed by atoms with Crippen LogP contribution >= 0.6 is 0 Å². The van der Waals surface area contributed by atoms with E-state index >= 15 is 0 Å². The maximum absolute atomic E-state index is 11.2.